The first kappa shape index (κ1) is 15.7. The number of hydrogen-bond acceptors (Lipinski definition) is 4. The van der Waals surface area contributed by atoms with Gasteiger partial charge >= 0.3 is 0 Å². The van der Waals surface area contributed by atoms with Crippen LogP contribution in [-0.4, -0.2) is 54.9 Å². The Morgan fingerprint density at radius 2 is 2.19 bits per heavy atom. The summed E-state index contributed by atoms with van der Waals surface area (Å²) < 4.78 is 18.4. The SMILES string of the molecule is COc1ccc(CNC(=O)CN2C[C@@H](F)C[C@H]2CO)cc1. The van der Waals surface area contributed by atoms with Crippen molar-refractivity contribution in [2.45, 2.75) is 25.2 Å². The summed E-state index contributed by atoms with van der Waals surface area (Å²) in [5.74, 6) is 0.597. The van der Waals surface area contributed by atoms with E-state index in [4.69, 9.17) is 4.74 Å². The highest BCUT2D eigenvalue weighted by Crippen LogP contribution is 2.19. The maximum Gasteiger partial charge on any atom is 0.234 e. The molecule has 0 aromatic heterocycles. The zero-order valence-electron chi connectivity index (χ0n) is 12.1. The molecule has 1 heterocycles. The second kappa shape index (κ2) is 7.38. The second-order valence-corrected chi connectivity index (χ2v) is 5.22. The summed E-state index contributed by atoms with van der Waals surface area (Å²) in [5, 5.41) is 12.0. The van der Waals surface area contributed by atoms with E-state index >= 15 is 0 Å². The lowest BCUT2D eigenvalue weighted by Crippen LogP contribution is -2.41. The number of methoxy groups -OCH3 is 1. The fourth-order valence-electron chi connectivity index (χ4n) is 2.49. The van der Waals surface area contributed by atoms with E-state index in [1.165, 1.54) is 0 Å². The van der Waals surface area contributed by atoms with Crippen molar-refractivity contribution in [3.8, 4) is 5.75 Å². The van der Waals surface area contributed by atoms with Crippen LogP contribution in [0.4, 0.5) is 4.39 Å². The number of likely N-dealkylation sites (tertiary alicyclic amines) is 1. The van der Waals surface area contributed by atoms with Gasteiger partial charge in [-0.25, -0.2) is 4.39 Å². The third-order valence-electron chi connectivity index (χ3n) is 3.68. The standard InChI is InChI=1S/C15H21FN2O3/c1-21-14-4-2-11(3-5-14)7-17-15(20)9-18-8-12(16)6-13(18)10-19/h2-5,12-13,19H,6-10H2,1H3,(H,17,20)/t12-,13-/m0/s1. The molecule has 0 bridgehead atoms. The molecule has 1 amide bonds. The van der Waals surface area contributed by atoms with Crippen LogP contribution in [0.5, 0.6) is 5.75 Å². The number of halogens is 1. The number of alkyl halides is 1. The molecule has 1 aliphatic heterocycles. The Labute approximate surface area is 123 Å². The molecule has 5 nitrogen and oxygen atoms in total. The van der Waals surface area contributed by atoms with Gasteiger partial charge < -0.3 is 15.2 Å². The Kier molecular flexibility index (Phi) is 5.52. The third-order valence-corrected chi connectivity index (χ3v) is 3.68. The molecule has 1 fully saturated rings. The minimum absolute atomic E-state index is 0.113. The number of carbonyl (C=O) groups excluding carboxylic acids is 1. The first-order valence-corrected chi connectivity index (χ1v) is 7.01. The molecule has 116 valence electrons. The summed E-state index contributed by atoms with van der Waals surface area (Å²) in [6, 6.07) is 7.16. The largest absolute Gasteiger partial charge is 0.497 e. The zero-order chi connectivity index (χ0) is 15.2. The molecule has 6 heteroatoms. The molecule has 2 rings (SSSR count). The van der Waals surface area contributed by atoms with E-state index in [0.717, 1.165) is 11.3 Å². The van der Waals surface area contributed by atoms with E-state index in [9.17, 15) is 14.3 Å². The molecule has 0 saturated carbocycles. The normalized spacial score (nSPS) is 22.2. The van der Waals surface area contributed by atoms with Gasteiger partial charge in [-0.05, 0) is 24.1 Å². The maximum atomic E-state index is 13.3. The molecule has 2 atom stereocenters. The van der Waals surface area contributed by atoms with E-state index in [-0.39, 0.29) is 31.6 Å². The van der Waals surface area contributed by atoms with Gasteiger partial charge in [0.15, 0.2) is 0 Å². The number of hydrogen-bond donors (Lipinski definition) is 2. The van der Waals surface area contributed by atoms with Crippen LogP contribution in [0.15, 0.2) is 24.3 Å². The van der Waals surface area contributed by atoms with Gasteiger partial charge in [0.2, 0.25) is 5.91 Å². The third kappa shape index (κ3) is 4.41. The van der Waals surface area contributed by atoms with Crippen molar-refractivity contribution in [1.82, 2.24) is 10.2 Å². The lowest BCUT2D eigenvalue weighted by molar-refractivity contribution is -0.122. The number of nitrogens with zero attached hydrogens (tertiary/aromatic N) is 1. The van der Waals surface area contributed by atoms with Gasteiger partial charge in [-0.2, -0.15) is 0 Å². The second-order valence-electron chi connectivity index (χ2n) is 5.22. The molecule has 0 radical (unpaired) electrons. The predicted molar refractivity (Wildman–Crippen MR) is 76.8 cm³/mol. The van der Waals surface area contributed by atoms with Gasteiger partial charge in [0, 0.05) is 19.1 Å². The summed E-state index contributed by atoms with van der Waals surface area (Å²) >= 11 is 0. The van der Waals surface area contributed by atoms with Crippen LogP contribution in [-0.2, 0) is 11.3 Å². The quantitative estimate of drug-likeness (QED) is 0.812. The monoisotopic (exact) mass is 296 g/mol. The van der Waals surface area contributed by atoms with Gasteiger partial charge in [-0.3, -0.25) is 9.69 Å². The van der Waals surface area contributed by atoms with Gasteiger partial charge in [0.1, 0.15) is 11.9 Å². The van der Waals surface area contributed by atoms with Crippen molar-refractivity contribution < 1.29 is 19.0 Å². The van der Waals surface area contributed by atoms with Crippen LogP contribution >= 0.6 is 0 Å². The first-order chi connectivity index (χ1) is 10.1. The van der Waals surface area contributed by atoms with Gasteiger partial charge in [-0.1, -0.05) is 12.1 Å². The minimum Gasteiger partial charge on any atom is -0.497 e. The molecular formula is C15H21FN2O3. The smallest absolute Gasteiger partial charge is 0.234 e. The van der Waals surface area contributed by atoms with E-state index in [2.05, 4.69) is 5.32 Å². The number of nitrogens with one attached hydrogen (secondary N) is 1. The van der Waals surface area contributed by atoms with Crippen LogP contribution in [0.2, 0.25) is 0 Å². The number of aliphatic hydroxyl groups is 1. The molecule has 21 heavy (non-hydrogen) atoms. The van der Waals surface area contributed by atoms with Crippen molar-refractivity contribution in [2.75, 3.05) is 26.8 Å². The van der Waals surface area contributed by atoms with Gasteiger partial charge in [0.05, 0.1) is 20.3 Å². The summed E-state index contributed by atoms with van der Waals surface area (Å²) in [4.78, 5) is 13.6. The topological polar surface area (TPSA) is 61.8 Å². The van der Waals surface area contributed by atoms with Crippen molar-refractivity contribution in [3.63, 3.8) is 0 Å². The fourth-order valence-corrected chi connectivity index (χ4v) is 2.49. The molecule has 0 unspecified atom stereocenters. The molecule has 0 spiro atoms. The van der Waals surface area contributed by atoms with E-state index in [0.29, 0.717) is 13.0 Å². The van der Waals surface area contributed by atoms with E-state index < -0.39 is 6.17 Å². The number of aliphatic hydroxyl groups excluding tert-OH is 1. The lowest BCUT2D eigenvalue weighted by atomic mass is 10.2. The average molecular weight is 296 g/mol. The van der Waals surface area contributed by atoms with Gasteiger partial charge in [-0.15, -0.1) is 0 Å². The van der Waals surface area contributed by atoms with Crippen LogP contribution in [0.3, 0.4) is 0 Å². The maximum absolute atomic E-state index is 13.3. The van der Waals surface area contributed by atoms with Crippen LogP contribution in [0.25, 0.3) is 0 Å². The molecule has 1 aromatic rings. The summed E-state index contributed by atoms with van der Waals surface area (Å²) in [6.07, 6.45) is -0.668. The summed E-state index contributed by atoms with van der Waals surface area (Å²) in [5.41, 5.74) is 0.965. The highest BCUT2D eigenvalue weighted by molar-refractivity contribution is 5.78. The van der Waals surface area contributed by atoms with Crippen molar-refractivity contribution >= 4 is 5.91 Å². The molecule has 2 N–H and O–H groups in total. The summed E-state index contributed by atoms with van der Waals surface area (Å²) in [7, 11) is 1.60. The lowest BCUT2D eigenvalue weighted by Gasteiger charge is -2.21. The number of amides is 1. The Hall–Kier alpha value is -1.66. The molecule has 0 aliphatic carbocycles. The van der Waals surface area contributed by atoms with Crippen molar-refractivity contribution in [1.29, 1.82) is 0 Å². The molecule has 1 aromatic carbocycles. The Bertz CT molecular complexity index is 466. The van der Waals surface area contributed by atoms with Crippen molar-refractivity contribution in [2.24, 2.45) is 0 Å². The van der Waals surface area contributed by atoms with Crippen LogP contribution < -0.4 is 10.1 Å². The Morgan fingerprint density at radius 3 is 2.81 bits per heavy atom. The molecular weight excluding hydrogens is 275 g/mol. The average Bonchev–Trinajstić information content (AvgIpc) is 2.85. The fraction of sp³-hybridized carbons (Fsp3) is 0.533. The Morgan fingerprint density at radius 1 is 1.48 bits per heavy atom. The molecule has 1 aliphatic rings. The minimum atomic E-state index is -0.962. The Balaban J connectivity index is 1.79. The van der Waals surface area contributed by atoms with Crippen LogP contribution in [0, 0.1) is 0 Å². The summed E-state index contributed by atoms with van der Waals surface area (Å²) in [6.45, 7) is 0.620. The van der Waals surface area contributed by atoms with Crippen molar-refractivity contribution in [3.05, 3.63) is 29.8 Å². The predicted octanol–water partition coefficient (Wildman–Crippen LogP) is 0.716. The molecule has 1 saturated heterocycles. The number of carbonyl (C=O) groups is 1. The first-order valence-electron chi connectivity index (χ1n) is 7.01. The highest BCUT2D eigenvalue weighted by Gasteiger charge is 2.32. The number of ether oxygens (including phenoxy) is 1. The zero-order valence-corrected chi connectivity index (χ0v) is 12.1. The number of benzene rings is 1. The highest BCUT2D eigenvalue weighted by atomic mass is 19.1. The van der Waals surface area contributed by atoms with Crippen LogP contribution in [0.1, 0.15) is 12.0 Å². The van der Waals surface area contributed by atoms with E-state index in [1.54, 1.807) is 12.0 Å². The van der Waals surface area contributed by atoms with Gasteiger partial charge in [0.25, 0.3) is 0 Å². The number of rotatable bonds is 6. The van der Waals surface area contributed by atoms with E-state index in [1.807, 2.05) is 24.3 Å².